The van der Waals surface area contributed by atoms with Gasteiger partial charge in [-0.1, -0.05) is 12.1 Å². The van der Waals surface area contributed by atoms with Crippen LogP contribution in [0, 0.1) is 0 Å². The second kappa shape index (κ2) is 9.18. The van der Waals surface area contributed by atoms with Crippen LogP contribution in [0.5, 0.6) is 5.75 Å². The number of hydrogen-bond donors (Lipinski definition) is 1. The van der Waals surface area contributed by atoms with Crippen LogP contribution in [0.3, 0.4) is 0 Å². The third-order valence-corrected chi connectivity index (χ3v) is 4.46. The number of nitrogens with one attached hydrogen (secondary N) is 1. The number of nitrogens with zero attached hydrogens (tertiary/aromatic N) is 4. The zero-order chi connectivity index (χ0) is 19.1. The highest BCUT2D eigenvalue weighted by Crippen LogP contribution is 2.28. The summed E-state index contributed by atoms with van der Waals surface area (Å²) in [5, 5.41) is 2.78. The molecular weight excluding hydrogens is 346 g/mol. The van der Waals surface area contributed by atoms with Crippen molar-refractivity contribution in [1.29, 1.82) is 0 Å². The maximum absolute atomic E-state index is 12.2. The van der Waals surface area contributed by atoms with Gasteiger partial charge in [-0.25, -0.2) is 9.97 Å². The van der Waals surface area contributed by atoms with Gasteiger partial charge in [-0.15, -0.1) is 0 Å². The van der Waals surface area contributed by atoms with E-state index >= 15 is 0 Å². The molecule has 2 aromatic rings. The van der Waals surface area contributed by atoms with Crippen LogP contribution in [-0.4, -0.2) is 69.4 Å². The SMILES string of the molecule is COCCNC(=O)c1ccnc(N2CCN(c3ccccc3OC)CC2)n1. The minimum atomic E-state index is -0.219. The summed E-state index contributed by atoms with van der Waals surface area (Å²) in [5.74, 6) is 1.23. The van der Waals surface area contributed by atoms with Crippen molar-refractivity contribution < 1.29 is 14.3 Å². The summed E-state index contributed by atoms with van der Waals surface area (Å²) in [6, 6.07) is 9.64. The van der Waals surface area contributed by atoms with Gasteiger partial charge in [-0.2, -0.15) is 0 Å². The fourth-order valence-electron chi connectivity index (χ4n) is 3.02. The molecule has 0 saturated carbocycles. The van der Waals surface area contributed by atoms with E-state index in [4.69, 9.17) is 9.47 Å². The highest BCUT2D eigenvalue weighted by atomic mass is 16.5. The van der Waals surface area contributed by atoms with Gasteiger partial charge in [0, 0.05) is 46.0 Å². The molecule has 1 aliphatic heterocycles. The number of aromatic nitrogens is 2. The van der Waals surface area contributed by atoms with Crippen LogP contribution in [0.4, 0.5) is 11.6 Å². The number of carbonyl (C=O) groups is 1. The minimum Gasteiger partial charge on any atom is -0.495 e. The summed E-state index contributed by atoms with van der Waals surface area (Å²) >= 11 is 0. The summed E-state index contributed by atoms with van der Waals surface area (Å²) in [7, 11) is 3.28. The van der Waals surface area contributed by atoms with E-state index in [1.807, 2.05) is 18.2 Å². The number of amides is 1. The van der Waals surface area contributed by atoms with Crippen LogP contribution in [0.1, 0.15) is 10.5 Å². The molecule has 1 saturated heterocycles. The Hall–Kier alpha value is -2.87. The average Bonchev–Trinajstić information content (AvgIpc) is 2.74. The van der Waals surface area contributed by atoms with Crippen LogP contribution in [0.25, 0.3) is 0 Å². The first-order chi connectivity index (χ1) is 13.2. The largest absolute Gasteiger partial charge is 0.495 e. The molecular formula is C19H25N5O3. The Labute approximate surface area is 159 Å². The minimum absolute atomic E-state index is 0.219. The number of rotatable bonds is 7. The van der Waals surface area contributed by atoms with E-state index in [2.05, 4.69) is 31.2 Å². The molecule has 1 aliphatic rings. The Kier molecular flexibility index (Phi) is 6.43. The molecule has 1 amide bonds. The maximum atomic E-state index is 12.2. The van der Waals surface area contributed by atoms with Gasteiger partial charge in [0.05, 0.1) is 19.4 Å². The molecule has 0 radical (unpaired) electrons. The topological polar surface area (TPSA) is 79.8 Å². The Morgan fingerprint density at radius 2 is 1.85 bits per heavy atom. The molecule has 0 unspecified atom stereocenters. The van der Waals surface area contributed by atoms with Crippen molar-refractivity contribution in [3.8, 4) is 5.75 Å². The second-order valence-electron chi connectivity index (χ2n) is 6.14. The zero-order valence-electron chi connectivity index (χ0n) is 15.7. The molecule has 0 bridgehead atoms. The Morgan fingerprint density at radius 3 is 2.59 bits per heavy atom. The van der Waals surface area contributed by atoms with E-state index in [0.717, 1.165) is 37.6 Å². The molecule has 0 aliphatic carbocycles. The molecule has 1 fully saturated rings. The van der Waals surface area contributed by atoms with Gasteiger partial charge >= 0.3 is 0 Å². The Morgan fingerprint density at radius 1 is 1.11 bits per heavy atom. The number of carbonyl (C=O) groups excluding carboxylic acids is 1. The molecule has 0 spiro atoms. The zero-order valence-corrected chi connectivity index (χ0v) is 15.7. The number of para-hydroxylation sites is 2. The van der Waals surface area contributed by atoms with Crippen LogP contribution >= 0.6 is 0 Å². The average molecular weight is 371 g/mol. The number of benzene rings is 1. The van der Waals surface area contributed by atoms with E-state index < -0.39 is 0 Å². The summed E-state index contributed by atoms with van der Waals surface area (Å²) in [6.07, 6.45) is 1.63. The van der Waals surface area contributed by atoms with Gasteiger partial charge in [0.2, 0.25) is 5.95 Å². The lowest BCUT2D eigenvalue weighted by atomic mass is 10.2. The quantitative estimate of drug-likeness (QED) is 0.732. The smallest absolute Gasteiger partial charge is 0.270 e. The van der Waals surface area contributed by atoms with Crippen molar-refractivity contribution in [2.24, 2.45) is 0 Å². The van der Waals surface area contributed by atoms with E-state index in [0.29, 0.717) is 24.8 Å². The molecule has 1 aromatic heterocycles. The van der Waals surface area contributed by atoms with Crippen LogP contribution in [-0.2, 0) is 4.74 Å². The fraction of sp³-hybridized carbons (Fsp3) is 0.421. The normalized spacial score (nSPS) is 14.1. The number of anilines is 2. The van der Waals surface area contributed by atoms with Gasteiger partial charge in [0.15, 0.2) is 0 Å². The summed E-state index contributed by atoms with van der Waals surface area (Å²) < 4.78 is 10.4. The Balaban J connectivity index is 1.62. The number of methoxy groups -OCH3 is 2. The lowest BCUT2D eigenvalue weighted by molar-refractivity contribution is 0.0932. The lowest BCUT2D eigenvalue weighted by Crippen LogP contribution is -2.47. The van der Waals surface area contributed by atoms with E-state index in [-0.39, 0.29) is 5.91 Å². The molecule has 2 heterocycles. The molecule has 3 rings (SSSR count). The first-order valence-electron chi connectivity index (χ1n) is 8.96. The second-order valence-corrected chi connectivity index (χ2v) is 6.14. The van der Waals surface area contributed by atoms with Gasteiger partial charge in [0.1, 0.15) is 11.4 Å². The predicted octanol–water partition coefficient (Wildman–Crippen LogP) is 1.19. The van der Waals surface area contributed by atoms with Crippen LogP contribution < -0.4 is 19.9 Å². The number of ether oxygens (including phenoxy) is 2. The van der Waals surface area contributed by atoms with Crippen LogP contribution in [0.15, 0.2) is 36.5 Å². The van der Waals surface area contributed by atoms with Crippen LogP contribution in [0.2, 0.25) is 0 Å². The molecule has 1 N–H and O–H groups in total. The van der Waals surface area contributed by atoms with Crippen molar-refractivity contribution >= 4 is 17.5 Å². The van der Waals surface area contributed by atoms with Crippen molar-refractivity contribution in [3.63, 3.8) is 0 Å². The van der Waals surface area contributed by atoms with Gasteiger partial charge in [0.25, 0.3) is 5.91 Å². The van der Waals surface area contributed by atoms with Crippen molar-refractivity contribution in [3.05, 3.63) is 42.2 Å². The highest BCUT2D eigenvalue weighted by molar-refractivity contribution is 5.92. The molecule has 8 nitrogen and oxygen atoms in total. The summed E-state index contributed by atoms with van der Waals surface area (Å²) in [5.41, 5.74) is 1.45. The van der Waals surface area contributed by atoms with Gasteiger partial charge in [-0.05, 0) is 18.2 Å². The van der Waals surface area contributed by atoms with Crippen molar-refractivity contribution in [2.45, 2.75) is 0 Å². The fourth-order valence-corrected chi connectivity index (χ4v) is 3.02. The maximum Gasteiger partial charge on any atom is 0.270 e. The molecule has 144 valence electrons. The number of piperazine rings is 1. The van der Waals surface area contributed by atoms with E-state index in [9.17, 15) is 4.79 Å². The molecule has 1 aromatic carbocycles. The lowest BCUT2D eigenvalue weighted by Gasteiger charge is -2.36. The van der Waals surface area contributed by atoms with E-state index in [1.165, 1.54) is 0 Å². The monoisotopic (exact) mass is 371 g/mol. The molecule has 8 heteroatoms. The summed E-state index contributed by atoms with van der Waals surface area (Å²) in [4.78, 5) is 25.3. The first kappa shape index (κ1) is 18.9. The van der Waals surface area contributed by atoms with Gasteiger partial charge < -0.3 is 24.6 Å². The standard InChI is InChI=1S/C19H25N5O3/c1-26-14-9-20-18(25)15-7-8-21-19(22-15)24-12-10-23(11-13-24)16-5-3-4-6-17(16)27-2/h3-8H,9-14H2,1-2H3,(H,20,25). The molecule has 0 atom stereocenters. The first-order valence-corrected chi connectivity index (χ1v) is 8.96. The third kappa shape index (κ3) is 4.65. The third-order valence-electron chi connectivity index (χ3n) is 4.46. The predicted molar refractivity (Wildman–Crippen MR) is 104 cm³/mol. The summed E-state index contributed by atoms with van der Waals surface area (Å²) in [6.45, 7) is 4.11. The van der Waals surface area contributed by atoms with Crippen molar-refractivity contribution in [2.75, 3.05) is 63.4 Å². The Bertz CT molecular complexity index is 763. The van der Waals surface area contributed by atoms with Crippen molar-refractivity contribution in [1.82, 2.24) is 15.3 Å². The molecule has 27 heavy (non-hydrogen) atoms. The highest BCUT2D eigenvalue weighted by Gasteiger charge is 2.22. The number of hydrogen-bond acceptors (Lipinski definition) is 7. The van der Waals surface area contributed by atoms with E-state index in [1.54, 1.807) is 26.5 Å². The van der Waals surface area contributed by atoms with Gasteiger partial charge in [-0.3, -0.25) is 4.79 Å².